The molecule has 0 saturated carbocycles. The van der Waals surface area contributed by atoms with Crippen molar-refractivity contribution in [2.24, 2.45) is 5.41 Å². The van der Waals surface area contributed by atoms with Crippen LogP contribution in [-0.2, 0) is 4.79 Å². The maximum absolute atomic E-state index is 13.7. The molecular formula is C28H28N6O4. The number of carbonyl (C=O) groups is 2. The van der Waals surface area contributed by atoms with Crippen molar-refractivity contribution in [3.05, 3.63) is 66.3 Å². The number of ether oxygens (including phenoxy) is 1. The average molecular weight is 513 g/mol. The summed E-state index contributed by atoms with van der Waals surface area (Å²) < 4.78 is 11.1. The van der Waals surface area contributed by atoms with Crippen molar-refractivity contribution in [1.82, 2.24) is 25.3 Å². The van der Waals surface area contributed by atoms with E-state index < -0.39 is 5.41 Å². The van der Waals surface area contributed by atoms with Crippen molar-refractivity contribution in [3.63, 3.8) is 0 Å². The number of rotatable bonds is 5. The third kappa shape index (κ3) is 4.11. The van der Waals surface area contributed by atoms with Crippen molar-refractivity contribution in [2.75, 3.05) is 31.6 Å². The molecule has 4 aromatic rings. The predicted octanol–water partition coefficient (Wildman–Crippen LogP) is 4.10. The van der Waals surface area contributed by atoms with E-state index in [1.54, 1.807) is 32.4 Å². The Labute approximate surface area is 219 Å². The van der Waals surface area contributed by atoms with Crippen LogP contribution in [-0.4, -0.2) is 63.9 Å². The minimum atomic E-state index is -0.438. The highest BCUT2D eigenvalue weighted by Gasteiger charge is 2.49. The lowest BCUT2D eigenvalue weighted by molar-refractivity contribution is -0.127. The van der Waals surface area contributed by atoms with Gasteiger partial charge < -0.3 is 19.0 Å². The molecule has 1 N–H and O–H groups in total. The fourth-order valence-electron chi connectivity index (χ4n) is 5.50. The van der Waals surface area contributed by atoms with E-state index in [0.717, 1.165) is 28.8 Å². The molecule has 2 fully saturated rings. The zero-order valence-corrected chi connectivity index (χ0v) is 21.3. The number of amides is 2. The number of aromatic amines is 1. The van der Waals surface area contributed by atoms with Crippen LogP contribution in [0.15, 0.2) is 59.3 Å². The van der Waals surface area contributed by atoms with Crippen LogP contribution in [0, 0.1) is 12.3 Å². The Hall–Kier alpha value is -4.47. The largest absolute Gasteiger partial charge is 0.496 e. The van der Waals surface area contributed by atoms with Crippen LogP contribution >= 0.6 is 0 Å². The van der Waals surface area contributed by atoms with E-state index >= 15 is 0 Å². The Morgan fingerprint density at radius 2 is 1.79 bits per heavy atom. The Morgan fingerprint density at radius 3 is 2.45 bits per heavy atom. The van der Waals surface area contributed by atoms with Gasteiger partial charge in [-0.25, -0.2) is 0 Å². The fraction of sp³-hybridized carbons (Fsp3) is 0.321. The molecule has 0 atom stereocenters. The molecule has 2 aliphatic heterocycles. The number of aromatic nitrogens is 4. The van der Waals surface area contributed by atoms with Gasteiger partial charge in [-0.1, -0.05) is 0 Å². The molecule has 2 saturated heterocycles. The molecule has 0 unspecified atom stereocenters. The molecule has 2 amide bonds. The van der Waals surface area contributed by atoms with Gasteiger partial charge >= 0.3 is 0 Å². The molecule has 194 valence electrons. The van der Waals surface area contributed by atoms with Crippen molar-refractivity contribution >= 4 is 17.5 Å². The molecule has 2 aromatic carbocycles. The summed E-state index contributed by atoms with van der Waals surface area (Å²) in [6.45, 7) is 3.48. The summed E-state index contributed by atoms with van der Waals surface area (Å²) in [5.41, 5.74) is 3.60. The molecule has 6 rings (SSSR count). The number of H-pyrrole nitrogens is 1. The van der Waals surface area contributed by atoms with E-state index in [1.807, 2.05) is 46.3 Å². The summed E-state index contributed by atoms with van der Waals surface area (Å²) in [5, 5.41) is 14.7. The first-order chi connectivity index (χ1) is 18.5. The van der Waals surface area contributed by atoms with E-state index in [0.29, 0.717) is 55.6 Å². The van der Waals surface area contributed by atoms with Crippen LogP contribution in [0.2, 0.25) is 0 Å². The number of anilines is 1. The van der Waals surface area contributed by atoms with Gasteiger partial charge in [0.2, 0.25) is 17.7 Å². The highest BCUT2D eigenvalue weighted by Crippen LogP contribution is 2.44. The number of piperidine rings is 1. The molecule has 0 aliphatic carbocycles. The molecule has 0 bridgehead atoms. The summed E-state index contributed by atoms with van der Waals surface area (Å²) in [5.74, 6) is 1.71. The number of likely N-dealkylation sites (tertiary alicyclic amines) is 1. The molecular weight excluding hydrogens is 484 g/mol. The average Bonchev–Trinajstić information content (AvgIpc) is 3.71. The van der Waals surface area contributed by atoms with E-state index in [9.17, 15) is 9.59 Å². The van der Waals surface area contributed by atoms with Gasteiger partial charge in [0.25, 0.3) is 5.91 Å². The van der Waals surface area contributed by atoms with Crippen LogP contribution < -0.4 is 9.64 Å². The number of hydrogen-bond donors (Lipinski definition) is 1. The number of carbonyl (C=O) groups excluding carboxylic acids is 2. The highest BCUT2D eigenvalue weighted by molar-refractivity contribution is 6.01. The third-order valence-electron chi connectivity index (χ3n) is 7.73. The SMILES string of the molecule is COc1cc(N2CCC3(CCN(C(=O)c4ccc(-c5nnc(C)o5)cc4)CC3)C2=O)ccc1-c1cn[nH]c1. The Bertz CT molecular complexity index is 1470. The van der Waals surface area contributed by atoms with Crippen molar-refractivity contribution < 1.29 is 18.7 Å². The summed E-state index contributed by atoms with van der Waals surface area (Å²) in [6.07, 6.45) is 5.63. The quantitative estimate of drug-likeness (QED) is 0.428. The highest BCUT2D eigenvalue weighted by atomic mass is 16.5. The molecule has 10 heteroatoms. The minimum absolute atomic E-state index is 0.0324. The van der Waals surface area contributed by atoms with E-state index in [2.05, 4.69) is 20.4 Å². The Balaban J connectivity index is 1.12. The third-order valence-corrected chi connectivity index (χ3v) is 7.73. The summed E-state index contributed by atoms with van der Waals surface area (Å²) in [7, 11) is 1.63. The molecule has 2 aromatic heterocycles. The smallest absolute Gasteiger partial charge is 0.253 e. The van der Waals surface area contributed by atoms with Crippen LogP contribution in [0.1, 0.15) is 35.5 Å². The molecule has 4 heterocycles. The van der Waals surface area contributed by atoms with Gasteiger partial charge in [-0.2, -0.15) is 5.10 Å². The second-order valence-corrected chi connectivity index (χ2v) is 9.85. The Kier molecular flexibility index (Phi) is 5.94. The van der Waals surface area contributed by atoms with Gasteiger partial charge in [0.1, 0.15) is 5.75 Å². The van der Waals surface area contributed by atoms with E-state index in [4.69, 9.17) is 9.15 Å². The van der Waals surface area contributed by atoms with E-state index in [1.165, 1.54) is 0 Å². The van der Waals surface area contributed by atoms with Gasteiger partial charge in [0.05, 0.1) is 18.7 Å². The first-order valence-corrected chi connectivity index (χ1v) is 12.7. The van der Waals surface area contributed by atoms with Gasteiger partial charge in [-0.15, -0.1) is 10.2 Å². The predicted molar refractivity (Wildman–Crippen MR) is 140 cm³/mol. The van der Waals surface area contributed by atoms with Crippen LogP contribution in [0.4, 0.5) is 5.69 Å². The zero-order chi connectivity index (χ0) is 26.3. The number of hydrogen-bond acceptors (Lipinski definition) is 7. The van der Waals surface area contributed by atoms with Crippen molar-refractivity contribution in [3.8, 4) is 28.3 Å². The van der Waals surface area contributed by atoms with Gasteiger partial charge in [-0.3, -0.25) is 14.7 Å². The first-order valence-electron chi connectivity index (χ1n) is 12.7. The van der Waals surface area contributed by atoms with Gasteiger partial charge in [0.15, 0.2) is 0 Å². The van der Waals surface area contributed by atoms with Crippen LogP contribution in [0.3, 0.4) is 0 Å². The lowest BCUT2D eigenvalue weighted by Gasteiger charge is -2.38. The van der Waals surface area contributed by atoms with Crippen LogP contribution in [0.5, 0.6) is 5.75 Å². The number of aryl methyl sites for hydroxylation is 1. The lowest BCUT2D eigenvalue weighted by Crippen LogP contribution is -2.46. The van der Waals surface area contributed by atoms with Gasteiger partial charge in [0, 0.05) is 66.8 Å². The van der Waals surface area contributed by atoms with E-state index in [-0.39, 0.29) is 11.8 Å². The monoisotopic (exact) mass is 512 g/mol. The summed E-state index contributed by atoms with van der Waals surface area (Å²) in [4.78, 5) is 30.5. The minimum Gasteiger partial charge on any atom is -0.496 e. The Morgan fingerprint density at radius 1 is 1.03 bits per heavy atom. The van der Waals surface area contributed by atoms with Crippen molar-refractivity contribution in [1.29, 1.82) is 0 Å². The molecule has 10 nitrogen and oxygen atoms in total. The molecule has 38 heavy (non-hydrogen) atoms. The summed E-state index contributed by atoms with van der Waals surface area (Å²) in [6, 6.07) is 13.0. The normalized spacial score (nSPS) is 16.8. The molecule has 1 spiro atoms. The van der Waals surface area contributed by atoms with Crippen LogP contribution in [0.25, 0.3) is 22.6 Å². The first kappa shape index (κ1) is 23.9. The summed E-state index contributed by atoms with van der Waals surface area (Å²) >= 11 is 0. The molecule has 0 radical (unpaired) electrons. The zero-order valence-electron chi connectivity index (χ0n) is 21.3. The standard InChI is InChI=1S/C28H28N6O4/c1-18-31-32-25(38-18)19-3-5-20(6-4-19)26(35)33-12-9-28(10-13-33)11-14-34(27(28)36)22-7-8-23(24(15-22)37-2)21-16-29-30-17-21/h3-8,15-17H,9-14H2,1-2H3,(H,29,30). The maximum Gasteiger partial charge on any atom is 0.253 e. The van der Waals surface area contributed by atoms with Crippen molar-refractivity contribution in [2.45, 2.75) is 26.2 Å². The van der Waals surface area contributed by atoms with Gasteiger partial charge in [-0.05, 0) is 55.7 Å². The number of nitrogens with zero attached hydrogens (tertiary/aromatic N) is 5. The molecule has 2 aliphatic rings. The second kappa shape index (κ2) is 9.44. The number of methoxy groups -OCH3 is 1. The lowest BCUT2D eigenvalue weighted by atomic mass is 9.77. The second-order valence-electron chi connectivity index (χ2n) is 9.85. The number of nitrogens with one attached hydrogen (secondary N) is 1. The topological polar surface area (TPSA) is 117 Å². The fourth-order valence-corrected chi connectivity index (χ4v) is 5.50. The number of benzene rings is 2. The maximum atomic E-state index is 13.7.